The van der Waals surface area contributed by atoms with E-state index in [4.69, 9.17) is 9.47 Å². The minimum atomic E-state index is -2.55. The van der Waals surface area contributed by atoms with Crippen molar-refractivity contribution in [1.82, 2.24) is 15.1 Å². The average molecular weight is 453 g/mol. The van der Waals surface area contributed by atoms with Gasteiger partial charge in [0, 0.05) is 37.7 Å². The van der Waals surface area contributed by atoms with Gasteiger partial charge < -0.3 is 45.0 Å². The highest BCUT2D eigenvalue weighted by molar-refractivity contribution is 5.86. The van der Waals surface area contributed by atoms with Gasteiger partial charge in [-0.15, -0.1) is 0 Å². The lowest BCUT2D eigenvalue weighted by Gasteiger charge is -2.42. The number of nitrogens with zero attached hydrogens (tertiary/aromatic N) is 2. The van der Waals surface area contributed by atoms with Crippen LogP contribution >= 0.6 is 0 Å². The molecule has 0 radical (unpaired) electrons. The molecular formula is C21H31N3O8. The third kappa shape index (κ3) is 5.74. The van der Waals surface area contributed by atoms with E-state index in [1.54, 1.807) is 23.1 Å². The Bertz CT molecular complexity index is 801. The molecule has 1 aromatic carbocycles. The molecule has 0 aromatic heterocycles. The van der Waals surface area contributed by atoms with Crippen LogP contribution in [0.5, 0.6) is 5.75 Å². The lowest BCUT2D eigenvalue weighted by atomic mass is 9.95. The molecule has 2 heterocycles. The van der Waals surface area contributed by atoms with Gasteiger partial charge in [-0.25, -0.2) is 0 Å². The standard InChI is InChI=1S/C21H31N3O8/c1-23-6-8-24(9-7-23)18(27)11-22-17(26)10-14-4-2-3-5-16(14)32-21(30)20(29)19(28)15(12-25)13-31-21/h2-5,15,19-20,25,28-30H,6-13H2,1H3,(H,22,26). The fourth-order valence-corrected chi connectivity index (χ4v) is 3.62. The summed E-state index contributed by atoms with van der Waals surface area (Å²) < 4.78 is 10.6. The molecule has 5 N–H and O–H groups in total. The van der Waals surface area contributed by atoms with Gasteiger partial charge in [0.05, 0.1) is 32.3 Å². The number of carbonyl (C=O) groups excluding carboxylic acids is 2. The first kappa shape index (κ1) is 24.4. The number of likely N-dealkylation sites (N-methyl/N-ethyl adjacent to an activating group) is 1. The number of aliphatic hydroxyl groups excluding tert-OH is 3. The lowest BCUT2D eigenvalue weighted by molar-refractivity contribution is -0.399. The van der Waals surface area contributed by atoms with Gasteiger partial charge in [-0.05, 0) is 13.1 Å². The predicted octanol–water partition coefficient (Wildman–Crippen LogP) is -2.50. The summed E-state index contributed by atoms with van der Waals surface area (Å²) in [6.07, 6.45) is -3.44. The second-order valence-corrected chi connectivity index (χ2v) is 8.17. The number of nitrogens with one attached hydrogen (secondary N) is 1. The quantitative estimate of drug-likeness (QED) is 0.282. The lowest BCUT2D eigenvalue weighted by Crippen LogP contribution is -2.62. The van der Waals surface area contributed by atoms with Gasteiger partial charge in [-0.2, -0.15) is 0 Å². The third-order valence-electron chi connectivity index (χ3n) is 5.79. The van der Waals surface area contributed by atoms with Crippen LogP contribution < -0.4 is 10.1 Å². The van der Waals surface area contributed by atoms with Gasteiger partial charge in [0.1, 0.15) is 5.75 Å². The second kappa shape index (κ2) is 10.6. The number of amides is 2. The van der Waals surface area contributed by atoms with Gasteiger partial charge in [0.2, 0.25) is 11.8 Å². The van der Waals surface area contributed by atoms with Gasteiger partial charge in [0.25, 0.3) is 0 Å². The number of rotatable bonds is 7. The molecular weight excluding hydrogens is 422 g/mol. The van der Waals surface area contributed by atoms with Crippen LogP contribution in [0, 0.1) is 5.92 Å². The fraction of sp³-hybridized carbons (Fsp3) is 0.619. The minimum absolute atomic E-state index is 0.0734. The van der Waals surface area contributed by atoms with Crippen molar-refractivity contribution < 1.29 is 39.5 Å². The molecule has 2 saturated heterocycles. The smallest absolute Gasteiger partial charge is 0.354 e. The summed E-state index contributed by atoms with van der Waals surface area (Å²) in [5.41, 5.74) is 0.389. The highest BCUT2D eigenvalue weighted by Gasteiger charge is 2.51. The molecule has 4 unspecified atom stereocenters. The van der Waals surface area contributed by atoms with Crippen molar-refractivity contribution in [1.29, 1.82) is 0 Å². The Morgan fingerprint density at radius 3 is 2.59 bits per heavy atom. The van der Waals surface area contributed by atoms with Gasteiger partial charge in [0.15, 0.2) is 6.10 Å². The molecule has 11 nitrogen and oxygen atoms in total. The SMILES string of the molecule is CN1CCN(C(=O)CNC(=O)Cc2ccccc2OC2(O)OCC(CO)C(O)C2O)CC1. The van der Waals surface area contributed by atoms with Crippen molar-refractivity contribution in [2.75, 3.05) is 53.0 Å². The molecule has 2 aliphatic heterocycles. The largest absolute Gasteiger partial charge is 0.437 e. The minimum Gasteiger partial charge on any atom is -0.437 e. The van der Waals surface area contributed by atoms with Crippen LogP contribution in [0.1, 0.15) is 5.56 Å². The molecule has 32 heavy (non-hydrogen) atoms. The Morgan fingerprint density at radius 1 is 1.22 bits per heavy atom. The fourth-order valence-electron chi connectivity index (χ4n) is 3.62. The Morgan fingerprint density at radius 2 is 1.91 bits per heavy atom. The summed E-state index contributed by atoms with van der Waals surface area (Å²) >= 11 is 0. The molecule has 2 fully saturated rings. The summed E-state index contributed by atoms with van der Waals surface area (Å²) in [6, 6.07) is 6.36. The maximum absolute atomic E-state index is 12.4. The number of benzene rings is 1. The highest BCUT2D eigenvalue weighted by Crippen LogP contribution is 2.31. The maximum atomic E-state index is 12.4. The van der Waals surface area contributed by atoms with E-state index >= 15 is 0 Å². The zero-order valence-corrected chi connectivity index (χ0v) is 18.0. The summed E-state index contributed by atoms with van der Waals surface area (Å²) in [6.45, 7) is 2.02. The molecule has 3 rings (SSSR count). The molecule has 0 spiro atoms. The van der Waals surface area contributed by atoms with Gasteiger partial charge in [-0.3, -0.25) is 9.59 Å². The van der Waals surface area contributed by atoms with Crippen LogP contribution in [0.4, 0.5) is 0 Å². The van der Waals surface area contributed by atoms with E-state index < -0.39 is 36.6 Å². The Hall–Kier alpha value is -2.28. The number of aliphatic hydroxyl groups is 4. The molecule has 2 aliphatic rings. The first-order valence-electron chi connectivity index (χ1n) is 10.6. The predicted molar refractivity (Wildman–Crippen MR) is 111 cm³/mol. The van der Waals surface area contributed by atoms with Gasteiger partial charge >= 0.3 is 5.97 Å². The normalized spacial score (nSPS) is 28.9. The van der Waals surface area contributed by atoms with E-state index in [-0.39, 0.29) is 31.2 Å². The molecule has 0 bridgehead atoms. The molecule has 178 valence electrons. The Balaban J connectivity index is 1.58. The maximum Gasteiger partial charge on any atom is 0.354 e. The van der Waals surface area contributed by atoms with Crippen LogP contribution in [-0.2, 0) is 20.7 Å². The number of para-hydroxylation sites is 1. The van der Waals surface area contributed by atoms with Crippen molar-refractivity contribution in [2.45, 2.75) is 24.6 Å². The topological polar surface area (TPSA) is 152 Å². The van der Waals surface area contributed by atoms with E-state index in [9.17, 15) is 30.0 Å². The first-order valence-corrected chi connectivity index (χ1v) is 10.6. The zero-order chi connectivity index (χ0) is 23.3. The summed E-state index contributed by atoms with van der Waals surface area (Å²) in [5, 5.41) is 42.7. The van der Waals surface area contributed by atoms with Gasteiger partial charge in [-0.1, -0.05) is 18.2 Å². The van der Waals surface area contributed by atoms with Crippen molar-refractivity contribution in [3.63, 3.8) is 0 Å². The monoisotopic (exact) mass is 453 g/mol. The van der Waals surface area contributed by atoms with Crippen LogP contribution in [0.3, 0.4) is 0 Å². The molecule has 0 saturated carbocycles. The van der Waals surface area contributed by atoms with E-state index in [0.717, 1.165) is 13.1 Å². The molecule has 2 amide bonds. The van der Waals surface area contributed by atoms with E-state index in [1.807, 2.05) is 7.05 Å². The first-order chi connectivity index (χ1) is 15.2. The number of hydrogen-bond donors (Lipinski definition) is 5. The van der Waals surface area contributed by atoms with Crippen LogP contribution in [0.25, 0.3) is 0 Å². The van der Waals surface area contributed by atoms with Crippen LogP contribution in [0.15, 0.2) is 24.3 Å². The average Bonchev–Trinajstić information content (AvgIpc) is 2.78. The van der Waals surface area contributed by atoms with E-state index in [2.05, 4.69) is 10.2 Å². The number of piperazine rings is 1. The zero-order valence-electron chi connectivity index (χ0n) is 18.0. The van der Waals surface area contributed by atoms with E-state index in [0.29, 0.717) is 18.7 Å². The second-order valence-electron chi connectivity index (χ2n) is 8.17. The summed E-state index contributed by atoms with van der Waals surface area (Å²) in [5.74, 6) is -3.82. The Labute approximate surface area is 186 Å². The van der Waals surface area contributed by atoms with Crippen molar-refractivity contribution in [2.24, 2.45) is 5.92 Å². The molecule has 0 aliphatic carbocycles. The molecule has 4 atom stereocenters. The number of ether oxygens (including phenoxy) is 2. The van der Waals surface area contributed by atoms with Crippen LogP contribution in [-0.4, -0.2) is 113 Å². The highest BCUT2D eigenvalue weighted by atomic mass is 16.8. The number of hydrogen-bond acceptors (Lipinski definition) is 9. The number of carbonyl (C=O) groups is 2. The summed E-state index contributed by atoms with van der Waals surface area (Å²) in [4.78, 5) is 28.6. The van der Waals surface area contributed by atoms with Crippen molar-refractivity contribution in [3.05, 3.63) is 29.8 Å². The third-order valence-corrected chi connectivity index (χ3v) is 5.79. The van der Waals surface area contributed by atoms with E-state index in [1.165, 1.54) is 6.07 Å². The Kier molecular flexibility index (Phi) is 8.04. The summed E-state index contributed by atoms with van der Waals surface area (Å²) in [7, 11) is 1.99. The molecule has 1 aromatic rings. The van der Waals surface area contributed by atoms with Crippen LogP contribution in [0.2, 0.25) is 0 Å². The van der Waals surface area contributed by atoms with Crippen molar-refractivity contribution >= 4 is 11.8 Å². The van der Waals surface area contributed by atoms with Crippen molar-refractivity contribution in [3.8, 4) is 5.75 Å². The molecule has 11 heteroatoms.